The molecule has 0 spiro atoms. The summed E-state index contributed by atoms with van der Waals surface area (Å²) in [4.78, 5) is 24.9. The summed E-state index contributed by atoms with van der Waals surface area (Å²) in [5.41, 5.74) is -1.21. The lowest BCUT2D eigenvalue weighted by Crippen LogP contribution is -2.16. The van der Waals surface area contributed by atoms with E-state index in [2.05, 4.69) is 15.0 Å². The number of rotatable bonds is 2. The minimum absolute atomic E-state index is 0.0148. The molecule has 2 aromatic heterocycles. The van der Waals surface area contributed by atoms with Crippen molar-refractivity contribution in [3.8, 4) is 5.69 Å². The second kappa shape index (κ2) is 7.70. The van der Waals surface area contributed by atoms with Crippen molar-refractivity contribution in [1.29, 1.82) is 0 Å². The molecule has 0 bridgehead atoms. The molecular weight excluding hydrogens is 452 g/mol. The third-order valence-corrected chi connectivity index (χ3v) is 5.49. The third kappa shape index (κ3) is 3.35. The largest absolute Gasteiger partial charge is 0.464 e. The molecule has 6 nitrogen and oxygen atoms in total. The van der Waals surface area contributed by atoms with Crippen LogP contribution in [0.15, 0.2) is 35.5 Å². The van der Waals surface area contributed by atoms with Crippen molar-refractivity contribution in [3.05, 3.63) is 75.3 Å². The van der Waals surface area contributed by atoms with E-state index in [0.717, 1.165) is 12.1 Å². The summed E-state index contributed by atoms with van der Waals surface area (Å²) in [7, 11) is 1.19. The number of aliphatic imine (C=N–C) groups is 1. The zero-order valence-corrected chi connectivity index (χ0v) is 17.7. The minimum Gasteiger partial charge on any atom is -0.464 e. The summed E-state index contributed by atoms with van der Waals surface area (Å²) in [5, 5.41) is -0.661. The number of fused-ring (bicyclic) bond motifs is 3. The van der Waals surface area contributed by atoms with Gasteiger partial charge in [0, 0.05) is 11.8 Å². The summed E-state index contributed by atoms with van der Waals surface area (Å²) >= 11 is 6.27. The number of carbonyl (C=O) groups excluding carboxylic acids is 1. The van der Waals surface area contributed by atoms with E-state index in [4.69, 9.17) is 16.3 Å². The Kier molecular flexibility index (Phi) is 5.28. The zero-order valence-electron chi connectivity index (χ0n) is 17.0. The Balaban J connectivity index is 2.13. The van der Waals surface area contributed by atoms with E-state index in [1.54, 1.807) is 13.8 Å². The predicted molar refractivity (Wildman–Crippen MR) is 108 cm³/mol. The Bertz CT molecular complexity index is 1280. The first-order valence-electron chi connectivity index (χ1n) is 9.33. The standard InChI is InChI=1S/C21H15ClF4N4O2/c1-9-19-29-16(20(31)32-3)10(2)30(19)13-7-6-11(21(24,25)26)15(22)14(13)18(28-9)17-12(23)5-4-8-27-17/h4-9H,1-3H3. The minimum atomic E-state index is -4.76. The monoisotopic (exact) mass is 466 g/mol. The first-order chi connectivity index (χ1) is 15.1. The Morgan fingerprint density at radius 1 is 1.25 bits per heavy atom. The number of hydrogen-bond donors (Lipinski definition) is 0. The maximum Gasteiger partial charge on any atom is 0.417 e. The van der Waals surface area contributed by atoms with Crippen molar-refractivity contribution >= 4 is 23.3 Å². The molecule has 1 atom stereocenters. The number of benzene rings is 1. The molecule has 1 aliphatic heterocycles. The van der Waals surface area contributed by atoms with E-state index >= 15 is 0 Å². The summed E-state index contributed by atoms with van der Waals surface area (Å²) in [6.45, 7) is 3.18. The molecule has 0 saturated carbocycles. The Labute approximate surface area is 184 Å². The van der Waals surface area contributed by atoms with E-state index in [1.807, 2.05) is 0 Å². The normalized spacial score (nSPS) is 15.5. The first kappa shape index (κ1) is 21.9. The van der Waals surface area contributed by atoms with E-state index < -0.39 is 34.6 Å². The van der Waals surface area contributed by atoms with Gasteiger partial charge in [0.2, 0.25) is 0 Å². The van der Waals surface area contributed by atoms with Gasteiger partial charge < -0.3 is 4.74 Å². The summed E-state index contributed by atoms with van der Waals surface area (Å²) in [6, 6.07) is 3.72. The van der Waals surface area contributed by atoms with Crippen LogP contribution < -0.4 is 0 Å². The number of carbonyl (C=O) groups is 1. The molecule has 4 rings (SSSR count). The quantitative estimate of drug-likeness (QED) is 0.390. The summed E-state index contributed by atoms with van der Waals surface area (Å²) in [6.07, 6.45) is -3.46. The van der Waals surface area contributed by atoms with Gasteiger partial charge in [-0.25, -0.2) is 14.2 Å². The van der Waals surface area contributed by atoms with Crippen molar-refractivity contribution in [2.75, 3.05) is 7.11 Å². The van der Waals surface area contributed by atoms with Gasteiger partial charge >= 0.3 is 12.1 Å². The number of hydrogen-bond acceptors (Lipinski definition) is 5. The Morgan fingerprint density at radius 2 is 1.97 bits per heavy atom. The van der Waals surface area contributed by atoms with Gasteiger partial charge in [0.1, 0.15) is 17.6 Å². The van der Waals surface area contributed by atoms with Crippen molar-refractivity contribution in [3.63, 3.8) is 0 Å². The molecule has 0 radical (unpaired) electrons. The fraction of sp³-hybridized carbons (Fsp3) is 0.238. The van der Waals surface area contributed by atoms with Gasteiger partial charge in [0.15, 0.2) is 11.5 Å². The molecule has 1 aliphatic rings. The lowest BCUT2D eigenvalue weighted by molar-refractivity contribution is -0.137. The second-order valence-electron chi connectivity index (χ2n) is 7.04. The van der Waals surface area contributed by atoms with Crippen LogP contribution in [-0.2, 0) is 10.9 Å². The molecule has 0 fully saturated rings. The maximum absolute atomic E-state index is 14.7. The number of pyridine rings is 1. The van der Waals surface area contributed by atoms with Crippen molar-refractivity contribution in [2.45, 2.75) is 26.1 Å². The third-order valence-electron chi connectivity index (χ3n) is 5.09. The Morgan fingerprint density at radius 3 is 2.59 bits per heavy atom. The predicted octanol–water partition coefficient (Wildman–Crippen LogP) is 5.09. The average Bonchev–Trinajstić information content (AvgIpc) is 3.01. The number of nitrogens with zero attached hydrogens (tertiary/aromatic N) is 4. The molecule has 0 saturated heterocycles. The van der Waals surface area contributed by atoms with Crippen LogP contribution in [0.25, 0.3) is 5.69 Å². The molecular formula is C21H15ClF4N4O2. The van der Waals surface area contributed by atoms with Crippen molar-refractivity contribution in [1.82, 2.24) is 14.5 Å². The molecule has 1 aromatic carbocycles. The van der Waals surface area contributed by atoms with E-state index in [1.165, 1.54) is 30.0 Å². The molecule has 1 unspecified atom stereocenters. The van der Waals surface area contributed by atoms with Crippen LogP contribution in [0.3, 0.4) is 0 Å². The van der Waals surface area contributed by atoms with Gasteiger partial charge in [0.05, 0.1) is 34.8 Å². The van der Waals surface area contributed by atoms with Gasteiger partial charge in [0.25, 0.3) is 0 Å². The molecule has 11 heteroatoms. The van der Waals surface area contributed by atoms with Crippen LogP contribution in [0.4, 0.5) is 17.6 Å². The zero-order chi connectivity index (χ0) is 23.4. The fourth-order valence-electron chi connectivity index (χ4n) is 3.65. The van der Waals surface area contributed by atoms with Crippen LogP contribution in [-0.4, -0.2) is 33.3 Å². The number of halogens is 5. The molecule has 0 aliphatic carbocycles. The van der Waals surface area contributed by atoms with Gasteiger partial charge in [-0.15, -0.1) is 0 Å². The molecule has 0 N–H and O–H groups in total. The van der Waals surface area contributed by atoms with E-state index in [0.29, 0.717) is 5.69 Å². The lowest BCUT2D eigenvalue weighted by atomic mass is 10.00. The van der Waals surface area contributed by atoms with Gasteiger partial charge in [-0.1, -0.05) is 11.6 Å². The van der Waals surface area contributed by atoms with Crippen LogP contribution in [0.1, 0.15) is 51.8 Å². The maximum atomic E-state index is 14.7. The number of methoxy groups -OCH3 is 1. The SMILES string of the molecule is COC(=O)c1nc2n(c1C)-c1ccc(C(F)(F)F)c(Cl)c1C(c1ncccc1F)=NC2C. The fourth-order valence-corrected chi connectivity index (χ4v) is 4.01. The topological polar surface area (TPSA) is 69.4 Å². The van der Waals surface area contributed by atoms with Crippen LogP contribution >= 0.6 is 11.6 Å². The average molecular weight is 467 g/mol. The van der Waals surface area contributed by atoms with Crippen LogP contribution in [0.5, 0.6) is 0 Å². The molecule has 3 aromatic rings. The molecule has 32 heavy (non-hydrogen) atoms. The van der Waals surface area contributed by atoms with Gasteiger partial charge in [-0.2, -0.15) is 13.2 Å². The van der Waals surface area contributed by atoms with Crippen molar-refractivity contribution < 1.29 is 27.1 Å². The summed E-state index contributed by atoms with van der Waals surface area (Å²) in [5.74, 6) is -1.23. The highest BCUT2D eigenvalue weighted by atomic mass is 35.5. The number of esters is 1. The highest BCUT2D eigenvalue weighted by molar-refractivity contribution is 6.37. The number of aromatic nitrogens is 3. The van der Waals surface area contributed by atoms with Crippen LogP contribution in [0, 0.1) is 12.7 Å². The number of ether oxygens (including phenoxy) is 1. The lowest BCUT2D eigenvalue weighted by Gasteiger charge is -2.18. The molecule has 0 amide bonds. The van der Waals surface area contributed by atoms with E-state index in [-0.39, 0.29) is 34.2 Å². The first-order valence-corrected chi connectivity index (χ1v) is 9.70. The van der Waals surface area contributed by atoms with Crippen LogP contribution in [0.2, 0.25) is 5.02 Å². The second-order valence-corrected chi connectivity index (χ2v) is 7.42. The van der Waals surface area contributed by atoms with Crippen molar-refractivity contribution in [2.24, 2.45) is 4.99 Å². The highest BCUT2D eigenvalue weighted by Crippen LogP contribution is 2.42. The summed E-state index contributed by atoms with van der Waals surface area (Å²) < 4.78 is 61.8. The smallest absolute Gasteiger partial charge is 0.417 e. The van der Waals surface area contributed by atoms with Gasteiger partial charge in [-0.3, -0.25) is 14.5 Å². The van der Waals surface area contributed by atoms with Gasteiger partial charge in [-0.05, 0) is 38.1 Å². The van der Waals surface area contributed by atoms with E-state index in [9.17, 15) is 22.4 Å². The molecule has 166 valence electrons. The highest BCUT2D eigenvalue weighted by Gasteiger charge is 2.38. The number of alkyl halides is 3. The Hall–Kier alpha value is -3.27. The molecule has 3 heterocycles. The number of imidazole rings is 1.